The first-order valence-corrected chi connectivity index (χ1v) is 5.92. The maximum absolute atomic E-state index is 12.0. The van der Waals surface area contributed by atoms with Crippen LogP contribution in [0.4, 0.5) is 5.69 Å². The maximum Gasteiger partial charge on any atom is 0.253 e. The van der Waals surface area contributed by atoms with Crippen molar-refractivity contribution in [3.63, 3.8) is 0 Å². The van der Waals surface area contributed by atoms with Gasteiger partial charge in [-0.25, -0.2) is 0 Å². The summed E-state index contributed by atoms with van der Waals surface area (Å²) in [5.41, 5.74) is 6.30. The van der Waals surface area contributed by atoms with Crippen LogP contribution in [0.15, 0.2) is 18.2 Å². The highest BCUT2D eigenvalue weighted by Crippen LogP contribution is 2.22. The summed E-state index contributed by atoms with van der Waals surface area (Å²) >= 11 is 5.96. The molecule has 0 saturated carbocycles. The number of hydrogen-bond acceptors (Lipinski definition) is 4. The van der Waals surface area contributed by atoms with E-state index in [1.165, 1.54) is 7.11 Å². The number of nitrogens with one attached hydrogen (secondary N) is 1. The fourth-order valence-electron chi connectivity index (χ4n) is 1.54. The Kier molecular flexibility index (Phi) is 5.91. The van der Waals surface area contributed by atoms with E-state index in [4.69, 9.17) is 27.2 Å². The van der Waals surface area contributed by atoms with Crippen LogP contribution in [-0.2, 0) is 4.74 Å². The van der Waals surface area contributed by atoms with Crippen LogP contribution in [0, 0.1) is 0 Å². The van der Waals surface area contributed by atoms with E-state index in [9.17, 15) is 4.79 Å². The Labute approximate surface area is 111 Å². The summed E-state index contributed by atoms with van der Waals surface area (Å²) < 4.78 is 4.96. The maximum atomic E-state index is 12.0. The molecule has 0 heterocycles. The first kappa shape index (κ1) is 14.8. The second kappa shape index (κ2) is 7.20. The number of benzene rings is 1. The van der Waals surface area contributed by atoms with Gasteiger partial charge in [-0.15, -0.1) is 0 Å². The summed E-state index contributed by atoms with van der Waals surface area (Å²) in [4.78, 5) is 12.0. The molecule has 0 aliphatic rings. The molecule has 0 radical (unpaired) electrons. The van der Waals surface area contributed by atoms with E-state index < -0.39 is 0 Å². The van der Waals surface area contributed by atoms with E-state index in [0.717, 1.165) is 0 Å². The molecule has 0 aliphatic heterocycles. The molecular weight excluding hydrogens is 256 g/mol. The van der Waals surface area contributed by atoms with Crippen molar-refractivity contribution in [3.05, 3.63) is 28.8 Å². The van der Waals surface area contributed by atoms with Gasteiger partial charge in [0, 0.05) is 13.7 Å². The fraction of sp³-hybridized carbons (Fsp3) is 0.417. The third kappa shape index (κ3) is 3.87. The third-order valence-electron chi connectivity index (χ3n) is 2.45. The van der Waals surface area contributed by atoms with E-state index in [0.29, 0.717) is 24.3 Å². The molecular formula is C12H17ClN2O3. The van der Waals surface area contributed by atoms with Crippen molar-refractivity contribution in [3.8, 4) is 0 Å². The monoisotopic (exact) mass is 272 g/mol. The molecule has 4 N–H and O–H groups in total. The van der Waals surface area contributed by atoms with E-state index in [1.54, 1.807) is 18.2 Å². The zero-order valence-electron chi connectivity index (χ0n) is 10.1. The van der Waals surface area contributed by atoms with E-state index >= 15 is 0 Å². The van der Waals surface area contributed by atoms with Gasteiger partial charge in [0.05, 0.1) is 28.9 Å². The SMILES string of the molecule is COCC(CCO)NC(=O)c1cccc(N)c1Cl. The minimum Gasteiger partial charge on any atom is -0.398 e. The van der Waals surface area contributed by atoms with Crippen LogP contribution in [0.25, 0.3) is 0 Å². The van der Waals surface area contributed by atoms with Crippen molar-refractivity contribution in [2.24, 2.45) is 0 Å². The number of carbonyl (C=O) groups is 1. The molecule has 0 spiro atoms. The van der Waals surface area contributed by atoms with Gasteiger partial charge in [-0.1, -0.05) is 17.7 Å². The number of aliphatic hydroxyl groups excluding tert-OH is 1. The highest BCUT2D eigenvalue weighted by atomic mass is 35.5. The van der Waals surface area contributed by atoms with Gasteiger partial charge in [0.25, 0.3) is 5.91 Å². The normalized spacial score (nSPS) is 12.2. The number of nitrogens with two attached hydrogens (primary N) is 1. The lowest BCUT2D eigenvalue weighted by Crippen LogP contribution is -2.38. The fourth-order valence-corrected chi connectivity index (χ4v) is 1.75. The molecule has 0 aromatic heterocycles. The predicted molar refractivity (Wildman–Crippen MR) is 70.7 cm³/mol. The van der Waals surface area contributed by atoms with Crippen LogP contribution < -0.4 is 11.1 Å². The molecule has 100 valence electrons. The molecule has 1 rings (SSSR count). The molecule has 5 nitrogen and oxygen atoms in total. The molecule has 18 heavy (non-hydrogen) atoms. The Balaban J connectivity index is 2.77. The molecule has 6 heteroatoms. The van der Waals surface area contributed by atoms with Gasteiger partial charge in [-0.2, -0.15) is 0 Å². The summed E-state index contributed by atoms with van der Waals surface area (Å²) in [5.74, 6) is -0.331. The zero-order valence-corrected chi connectivity index (χ0v) is 10.9. The number of anilines is 1. The molecule has 1 atom stereocenters. The Morgan fingerprint density at radius 3 is 2.94 bits per heavy atom. The second-order valence-corrected chi connectivity index (χ2v) is 4.22. The smallest absolute Gasteiger partial charge is 0.253 e. The minimum atomic E-state index is -0.331. The van der Waals surface area contributed by atoms with Crippen molar-refractivity contribution in [2.45, 2.75) is 12.5 Å². The lowest BCUT2D eigenvalue weighted by molar-refractivity contribution is 0.0879. The average Bonchev–Trinajstić information content (AvgIpc) is 2.33. The first-order valence-electron chi connectivity index (χ1n) is 5.54. The summed E-state index contributed by atoms with van der Waals surface area (Å²) in [6.45, 7) is 0.297. The summed E-state index contributed by atoms with van der Waals surface area (Å²) in [6.07, 6.45) is 0.416. The molecule has 1 amide bonds. The Morgan fingerprint density at radius 1 is 1.61 bits per heavy atom. The van der Waals surface area contributed by atoms with Gasteiger partial charge in [-0.3, -0.25) is 4.79 Å². The van der Waals surface area contributed by atoms with Crippen LogP contribution >= 0.6 is 11.6 Å². The first-order chi connectivity index (χ1) is 8.60. The number of nitrogen functional groups attached to an aromatic ring is 1. The number of aliphatic hydroxyl groups is 1. The lowest BCUT2D eigenvalue weighted by Gasteiger charge is -2.17. The van der Waals surface area contributed by atoms with Crippen molar-refractivity contribution in [1.82, 2.24) is 5.32 Å². The molecule has 1 unspecified atom stereocenters. The average molecular weight is 273 g/mol. The number of amides is 1. The van der Waals surface area contributed by atoms with Crippen LogP contribution in [-0.4, -0.2) is 37.4 Å². The van der Waals surface area contributed by atoms with Gasteiger partial charge < -0.3 is 20.9 Å². The lowest BCUT2D eigenvalue weighted by atomic mass is 10.1. The van der Waals surface area contributed by atoms with E-state index in [-0.39, 0.29) is 23.6 Å². The van der Waals surface area contributed by atoms with E-state index in [1.807, 2.05) is 0 Å². The summed E-state index contributed by atoms with van der Waals surface area (Å²) in [5, 5.41) is 11.9. The molecule has 1 aromatic carbocycles. The Bertz CT molecular complexity index is 406. The third-order valence-corrected chi connectivity index (χ3v) is 2.88. The minimum absolute atomic E-state index is 0.0288. The number of methoxy groups -OCH3 is 1. The number of rotatable bonds is 6. The molecule has 0 aliphatic carbocycles. The second-order valence-electron chi connectivity index (χ2n) is 3.85. The number of carbonyl (C=O) groups excluding carboxylic acids is 1. The topological polar surface area (TPSA) is 84.6 Å². The largest absolute Gasteiger partial charge is 0.398 e. The molecule has 1 aromatic rings. The summed E-state index contributed by atoms with van der Waals surface area (Å²) in [7, 11) is 1.53. The van der Waals surface area contributed by atoms with Crippen LogP contribution in [0.1, 0.15) is 16.8 Å². The van der Waals surface area contributed by atoms with Gasteiger partial charge >= 0.3 is 0 Å². The predicted octanol–water partition coefficient (Wildman–Crippen LogP) is 1.05. The van der Waals surface area contributed by atoms with Crippen LogP contribution in [0.2, 0.25) is 5.02 Å². The van der Waals surface area contributed by atoms with E-state index in [2.05, 4.69) is 5.32 Å². The molecule has 0 saturated heterocycles. The summed E-state index contributed by atoms with van der Waals surface area (Å²) in [6, 6.07) is 4.62. The molecule has 0 bridgehead atoms. The highest BCUT2D eigenvalue weighted by Gasteiger charge is 2.16. The zero-order chi connectivity index (χ0) is 13.5. The van der Waals surface area contributed by atoms with Gasteiger partial charge in [0.2, 0.25) is 0 Å². The van der Waals surface area contributed by atoms with Gasteiger partial charge in [0.15, 0.2) is 0 Å². The van der Waals surface area contributed by atoms with Crippen molar-refractivity contribution in [1.29, 1.82) is 0 Å². The Hall–Kier alpha value is -1.30. The van der Waals surface area contributed by atoms with Crippen molar-refractivity contribution >= 4 is 23.2 Å². The molecule has 0 fully saturated rings. The number of ether oxygens (including phenoxy) is 1. The van der Waals surface area contributed by atoms with Gasteiger partial charge in [-0.05, 0) is 18.6 Å². The Morgan fingerprint density at radius 2 is 2.33 bits per heavy atom. The standard InChI is InChI=1S/C12H17ClN2O3/c1-18-7-8(5-6-16)15-12(17)9-3-2-4-10(14)11(9)13/h2-4,8,16H,5-7,14H2,1H3,(H,15,17). The number of halogens is 1. The number of hydrogen-bond donors (Lipinski definition) is 3. The van der Waals surface area contributed by atoms with Crippen molar-refractivity contribution < 1.29 is 14.6 Å². The van der Waals surface area contributed by atoms with Crippen LogP contribution in [0.5, 0.6) is 0 Å². The van der Waals surface area contributed by atoms with Gasteiger partial charge in [0.1, 0.15) is 0 Å². The van der Waals surface area contributed by atoms with Crippen molar-refractivity contribution in [2.75, 3.05) is 26.1 Å². The van der Waals surface area contributed by atoms with Crippen LogP contribution in [0.3, 0.4) is 0 Å². The highest BCUT2D eigenvalue weighted by molar-refractivity contribution is 6.36. The quantitative estimate of drug-likeness (QED) is 0.676.